The number of alkyl halides is 3. The van der Waals surface area contributed by atoms with Crippen LogP contribution in [0.3, 0.4) is 0 Å². The second-order valence-electron chi connectivity index (χ2n) is 3.81. The molecular formula is C9H15F3N2O3. The van der Waals surface area contributed by atoms with E-state index in [9.17, 15) is 18.0 Å². The summed E-state index contributed by atoms with van der Waals surface area (Å²) in [6, 6.07) is -0.297. The average molecular weight is 256 g/mol. The number of methoxy groups -OCH3 is 1. The highest BCUT2D eigenvalue weighted by Crippen LogP contribution is 2.19. The Bertz CT molecular complexity index is 273. The maximum Gasteiger partial charge on any atom is 0.471 e. The van der Waals surface area contributed by atoms with Gasteiger partial charge >= 0.3 is 12.1 Å². The van der Waals surface area contributed by atoms with Crippen LogP contribution >= 0.6 is 0 Å². The molecule has 0 aromatic heterocycles. The lowest BCUT2D eigenvalue weighted by molar-refractivity contribution is -0.191. The number of hydrogen-bond donors (Lipinski definition) is 2. The van der Waals surface area contributed by atoms with E-state index >= 15 is 0 Å². The van der Waals surface area contributed by atoms with Crippen molar-refractivity contribution in [1.82, 2.24) is 5.32 Å². The van der Waals surface area contributed by atoms with Crippen molar-refractivity contribution in [2.24, 2.45) is 5.73 Å². The molecule has 0 spiro atoms. The van der Waals surface area contributed by atoms with Gasteiger partial charge in [-0.25, -0.2) is 0 Å². The van der Waals surface area contributed by atoms with E-state index in [-0.39, 0.29) is 12.6 Å². The second-order valence-corrected chi connectivity index (χ2v) is 3.81. The first-order chi connectivity index (χ1) is 7.84. The fraction of sp³-hybridized carbons (Fsp3) is 0.889. The minimum Gasteiger partial charge on any atom is -0.354 e. The molecule has 0 aromatic rings. The Morgan fingerprint density at radius 2 is 2.18 bits per heavy atom. The molecule has 0 radical (unpaired) electrons. The van der Waals surface area contributed by atoms with E-state index in [1.54, 1.807) is 5.32 Å². The third-order valence-corrected chi connectivity index (χ3v) is 2.48. The molecule has 3 atom stereocenters. The van der Waals surface area contributed by atoms with E-state index in [4.69, 9.17) is 15.2 Å². The zero-order valence-corrected chi connectivity index (χ0v) is 9.29. The van der Waals surface area contributed by atoms with Gasteiger partial charge in [-0.05, 0) is 12.8 Å². The van der Waals surface area contributed by atoms with Gasteiger partial charge in [0.1, 0.15) is 0 Å². The highest BCUT2D eigenvalue weighted by molar-refractivity contribution is 5.81. The number of halogens is 3. The molecule has 1 aliphatic heterocycles. The summed E-state index contributed by atoms with van der Waals surface area (Å²) < 4.78 is 45.9. The monoisotopic (exact) mass is 256 g/mol. The first kappa shape index (κ1) is 14.2. The van der Waals surface area contributed by atoms with Gasteiger partial charge in [-0.1, -0.05) is 0 Å². The van der Waals surface area contributed by atoms with Gasteiger partial charge in [-0.15, -0.1) is 0 Å². The zero-order chi connectivity index (χ0) is 13.1. The van der Waals surface area contributed by atoms with Gasteiger partial charge in [0.2, 0.25) is 0 Å². The first-order valence-electron chi connectivity index (χ1n) is 5.13. The van der Waals surface area contributed by atoms with Crippen LogP contribution < -0.4 is 11.1 Å². The molecule has 1 amide bonds. The smallest absolute Gasteiger partial charge is 0.354 e. The Hall–Kier alpha value is -0.860. The van der Waals surface area contributed by atoms with Crippen LogP contribution in [-0.4, -0.2) is 44.2 Å². The number of rotatable bonds is 3. The summed E-state index contributed by atoms with van der Waals surface area (Å²) in [5.41, 5.74) is 5.66. The molecule has 0 unspecified atom stereocenters. The zero-order valence-electron chi connectivity index (χ0n) is 9.29. The number of nitrogens with two attached hydrogens (primary N) is 1. The molecule has 17 heavy (non-hydrogen) atoms. The number of amides is 1. The summed E-state index contributed by atoms with van der Waals surface area (Å²) in [5, 5.41) is 1.77. The van der Waals surface area contributed by atoms with Crippen LogP contribution in [0.25, 0.3) is 0 Å². The van der Waals surface area contributed by atoms with Gasteiger partial charge in [0.05, 0.1) is 12.1 Å². The SMILES string of the molecule is CO[C@H]1O[C@H](CNC(=O)C(F)(F)F)CC[C@H]1N. The van der Waals surface area contributed by atoms with Crippen LogP contribution in [0.4, 0.5) is 13.2 Å². The van der Waals surface area contributed by atoms with E-state index in [0.717, 1.165) is 0 Å². The van der Waals surface area contributed by atoms with Crippen molar-refractivity contribution in [2.75, 3.05) is 13.7 Å². The average Bonchev–Trinajstić information content (AvgIpc) is 2.26. The van der Waals surface area contributed by atoms with E-state index in [1.807, 2.05) is 0 Å². The highest BCUT2D eigenvalue weighted by atomic mass is 19.4. The lowest BCUT2D eigenvalue weighted by atomic mass is 10.0. The van der Waals surface area contributed by atoms with E-state index in [1.165, 1.54) is 7.11 Å². The summed E-state index contributed by atoms with van der Waals surface area (Å²) in [6.45, 7) is -0.203. The van der Waals surface area contributed by atoms with E-state index in [0.29, 0.717) is 12.8 Å². The first-order valence-corrected chi connectivity index (χ1v) is 5.13. The number of hydrogen-bond acceptors (Lipinski definition) is 4. The van der Waals surface area contributed by atoms with Crippen molar-refractivity contribution in [1.29, 1.82) is 0 Å². The second kappa shape index (κ2) is 5.65. The maximum absolute atomic E-state index is 11.9. The summed E-state index contributed by atoms with van der Waals surface area (Å²) in [4.78, 5) is 10.6. The standard InChI is InChI=1S/C9H15F3N2O3/c1-16-7-6(13)3-2-5(17-7)4-14-8(15)9(10,11)12/h5-7H,2-4,13H2,1H3,(H,14,15)/t5-,6+,7-/m0/s1. The van der Waals surface area contributed by atoms with Crippen LogP contribution in [0, 0.1) is 0 Å². The van der Waals surface area contributed by atoms with Gasteiger partial charge in [0.15, 0.2) is 6.29 Å². The molecule has 1 fully saturated rings. The predicted molar refractivity (Wildman–Crippen MR) is 51.9 cm³/mol. The van der Waals surface area contributed by atoms with Crippen LogP contribution in [-0.2, 0) is 14.3 Å². The Morgan fingerprint density at radius 3 is 2.71 bits per heavy atom. The maximum atomic E-state index is 11.9. The molecular weight excluding hydrogens is 241 g/mol. The minimum absolute atomic E-state index is 0.203. The largest absolute Gasteiger partial charge is 0.471 e. The molecule has 5 nitrogen and oxygen atoms in total. The molecule has 100 valence electrons. The number of nitrogens with one attached hydrogen (secondary N) is 1. The molecule has 1 rings (SSSR count). The molecule has 1 saturated heterocycles. The molecule has 0 aromatic carbocycles. The summed E-state index contributed by atoms with van der Waals surface area (Å²) in [6.07, 6.45) is -4.96. The van der Waals surface area contributed by atoms with Gasteiger partial charge in [-0.2, -0.15) is 13.2 Å². The number of carbonyl (C=O) groups excluding carboxylic acids is 1. The molecule has 3 N–H and O–H groups in total. The Morgan fingerprint density at radius 1 is 1.53 bits per heavy atom. The van der Waals surface area contributed by atoms with E-state index in [2.05, 4.69) is 0 Å². The van der Waals surface area contributed by atoms with Gasteiger partial charge in [0.25, 0.3) is 0 Å². The Balaban J connectivity index is 2.36. The van der Waals surface area contributed by atoms with Crippen LogP contribution in [0.1, 0.15) is 12.8 Å². The number of ether oxygens (including phenoxy) is 2. The predicted octanol–water partition coefficient (Wildman–Crippen LogP) is 0.144. The number of carbonyl (C=O) groups is 1. The van der Waals surface area contributed by atoms with Crippen molar-refractivity contribution in [2.45, 2.75) is 37.5 Å². The molecule has 1 aliphatic rings. The van der Waals surface area contributed by atoms with Crippen molar-refractivity contribution in [3.63, 3.8) is 0 Å². The minimum atomic E-state index is -4.87. The van der Waals surface area contributed by atoms with Gasteiger partial charge < -0.3 is 20.5 Å². The molecule has 0 aliphatic carbocycles. The molecule has 1 heterocycles. The Labute approximate surface area is 96.4 Å². The molecule has 0 bridgehead atoms. The summed E-state index contributed by atoms with van der Waals surface area (Å²) in [7, 11) is 1.40. The van der Waals surface area contributed by atoms with Gasteiger partial charge in [0, 0.05) is 13.7 Å². The van der Waals surface area contributed by atoms with Crippen LogP contribution in [0.2, 0.25) is 0 Å². The molecule has 8 heteroatoms. The molecule has 0 saturated carbocycles. The summed E-state index contributed by atoms with van der Waals surface area (Å²) in [5.74, 6) is -1.97. The van der Waals surface area contributed by atoms with Crippen molar-refractivity contribution in [3.8, 4) is 0 Å². The van der Waals surface area contributed by atoms with Crippen molar-refractivity contribution >= 4 is 5.91 Å². The fourth-order valence-electron chi connectivity index (χ4n) is 1.56. The third-order valence-electron chi connectivity index (χ3n) is 2.48. The van der Waals surface area contributed by atoms with Crippen molar-refractivity contribution < 1.29 is 27.4 Å². The fourth-order valence-corrected chi connectivity index (χ4v) is 1.56. The lowest BCUT2D eigenvalue weighted by Crippen LogP contribution is -2.49. The lowest BCUT2D eigenvalue weighted by Gasteiger charge is -2.33. The highest BCUT2D eigenvalue weighted by Gasteiger charge is 2.39. The van der Waals surface area contributed by atoms with Crippen LogP contribution in [0.5, 0.6) is 0 Å². The van der Waals surface area contributed by atoms with Crippen molar-refractivity contribution in [3.05, 3.63) is 0 Å². The van der Waals surface area contributed by atoms with Crippen LogP contribution in [0.15, 0.2) is 0 Å². The quantitative estimate of drug-likeness (QED) is 0.753. The summed E-state index contributed by atoms with van der Waals surface area (Å²) >= 11 is 0. The topological polar surface area (TPSA) is 73.6 Å². The van der Waals surface area contributed by atoms with E-state index < -0.39 is 24.5 Å². The Kier molecular flexibility index (Phi) is 4.72. The van der Waals surface area contributed by atoms with Gasteiger partial charge in [-0.3, -0.25) is 4.79 Å². The third kappa shape index (κ3) is 4.14. The normalized spacial score (nSPS) is 30.1.